The number of aromatic nitrogens is 1. The summed E-state index contributed by atoms with van der Waals surface area (Å²) in [7, 11) is 0. The van der Waals surface area contributed by atoms with Crippen LogP contribution in [0.4, 0.5) is 0 Å². The maximum absolute atomic E-state index is 9.05. The Labute approximate surface area is 151 Å². The summed E-state index contributed by atoms with van der Waals surface area (Å²) in [6.07, 6.45) is 4.58. The number of nitriles is 1. The summed E-state index contributed by atoms with van der Waals surface area (Å²) in [6, 6.07) is 15.7. The molecule has 130 valence electrons. The number of aromatic amines is 1. The van der Waals surface area contributed by atoms with Gasteiger partial charge in [-0.2, -0.15) is 5.26 Å². The molecule has 0 aliphatic rings. The predicted molar refractivity (Wildman–Crippen MR) is 101 cm³/mol. The first-order valence-corrected chi connectivity index (χ1v) is 8.65. The molecule has 2 aromatic carbocycles. The van der Waals surface area contributed by atoms with Crippen LogP contribution < -0.4 is 10.1 Å². The molecule has 2 heterocycles. The number of nitrogens with zero attached hydrogens (tertiary/aromatic N) is 1. The van der Waals surface area contributed by atoms with Crippen molar-refractivity contribution >= 4 is 21.9 Å². The van der Waals surface area contributed by atoms with Crippen molar-refractivity contribution in [2.24, 2.45) is 0 Å². The summed E-state index contributed by atoms with van der Waals surface area (Å²) in [6.45, 7) is 2.17. The Morgan fingerprint density at radius 2 is 2.12 bits per heavy atom. The third-order valence-electron chi connectivity index (χ3n) is 4.45. The molecule has 2 aromatic heterocycles. The number of furan rings is 1. The molecule has 4 aromatic rings. The fourth-order valence-electron chi connectivity index (χ4n) is 3.12. The van der Waals surface area contributed by atoms with Crippen molar-refractivity contribution in [1.82, 2.24) is 10.3 Å². The van der Waals surface area contributed by atoms with Crippen molar-refractivity contribution < 1.29 is 9.15 Å². The van der Waals surface area contributed by atoms with Crippen molar-refractivity contribution in [2.45, 2.75) is 6.42 Å². The Balaban J connectivity index is 1.27. The lowest BCUT2D eigenvalue weighted by Gasteiger charge is -2.08. The van der Waals surface area contributed by atoms with Crippen molar-refractivity contribution in [1.29, 1.82) is 5.26 Å². The number of fused-ring (bicyclic) bond motifs is 2. The number of hydrogen-bond donors (Lipinski definition) is 2. The summed E-state index contributed by atoms with van der Waals surface area (Å²) in [5.74, 6) is 0.773. The third-order valence-corrected chi connectivity index (χ3v) is 4.45. The van der Waals surface area contributed by atoms with Crippen LogP contribution in [0.25, 0.3) is 21.9 Å². The molecule has 0 fully saturated rings. The summed E-state index contributed by atoms with van der Waals surface area (Å²) in [4.78, 5) is 3.26. The second-order valence-electron chi connectivity index (χ2n) is 6.13. The van der Waals surface area contributed by atoms with E-state index in [4.69, 9.17) is 14.4 Å². The molecule has 0 aliphatic carbocycles. The summed E-state index contributed by atoms with van der Waals surface area (Å²) < 4.78 is 11.3. The topological polar surface area (TPSA) is 74.0 Å². The first-order valence-electron chi connectivity index (χ1n) is 8.65. The number of nitrogens with one attached hydrogen (secondary N) is 2. The number of H-pyrrole nitrogens is 1. The Kier molecular flexibility index (Phi) is 4.59. The molecule has 0 amide bonds. The first-order chi connectivity index (χ1) is 12.8. The monoisotopic (exact) mass is 345 g/mol. The maximum Gasteiger partial charge on any atom is 0.175 e. The molecular formula is C21H19N3O2. The normalized spacial score (nSPS) is 11.0. The number of benzene rings is 2. The van der Waals surface area contributed by atoms with Crippen molar-refractivity contribution in [3.63, 3.8) is 0 Å². The van der Waals surface area contributed by atoms with Gasteiger partial charge in [-0.25, -0.2) is 0 Å². The zero-order valence-corrected chi connectivity index (χ0v) is 14.3. The SMILES string of the molecule is N#Cc1ccc2[nH]cc(CCNCCOc3cccc4ccoc34)c2c1. The second-order valence-corrected chi connectivity index (χ2v) is 6.13. The van der Waals surface area contributed by atoms with Gasteiger partial charge in [-0.05, 0) is 48.9 Å². The van der Waals surface area contributed by atoms with Crippen LogP contribution >= 0.6 is 0 Å². The largest absolute Gasteiger partial charge is 0.488 e. The van der Waals surface area contributed by atoms with Gasteiger partial charge >= 0.3 is 0 Å². The van der Waals surface area contributed by atoms with Crippen molar-refractivity contribution in [3.05, 3.63) is 66.1 Å². The van der Waals surface area contributed by atoms with Crippen LogP contribution in [-0.2, 0) is 6.42 Å². The summed E-state index contributed by atoms with van der Waals surface area (Å²) >= 11 is 0. The Bertz CT molecular complexity index is 1070. The van der Waals surface area contributed by atoms with Gasteiger partial charge < -0.3 is 19.5 Å². The van der Waals surface area contributed by atoms with Crippen LogP contribution in [0.5, 0.6) is 5.75 Å². The van der Waals surface area contributed by atoms with Gasteiger partial charge in [0.05, 0.1) is 17.9 Å². The molecular weight excluding hydrogens is 326 g/mol. The van der Waals surface area contributed by atoms with Gasteiger partial charge in [-0.1, -0.05) is 12.1 Å². The van der Waals surface area contributed by atoms with Gasteiger partial charge in [-0.15, -0.1) is 0 Å². The number of rotatable bonds is 7. The molecule has 0 saturated heterocycles. The van der Waals surface area contributed by atoms with Gasteiger partial charge in [0.15, 0.2) is 11.3 Å². The zero-order chi connectivity index (χ0) is 17.8. The van der Waals surface area contributed by atoms with E-state index in [-0.39, 0.29) is 0 Å². The molecule has 26 heavy (non-hydrogen) atoms. The average Bonchev–Trinajstić information content (AvgIpc) is 3.31. The van der Waals surface area contributed by atoms with E-state index in [0.717, 1.165) is 47.1 Å². The maximum atomic E-state index is 9.05. The van der Waals surface area contributed by atoms with Crippen molar-refractivity contribution in [3.8, 4) is 11.8 Å². The Morgan fingerprint density at radius 3 is 3.04 bits per heavy atom. The zero-order valence-electron chi connectivity index (χ0n) is 14.3. The smallest absolute Gasteiger partial charge is 0.175 e. The van der Waals surface area contributed by atoms with E-state index in [0.29, 0.717) is 12.2 Å². The molecule has 0 atom stereocenters. The van der Waals surface area contributed by atoms with E-state index in [1.807, 2.05) is 48.7 Å². The van der Waals surface area contributed by atoms with E-state index in [1.165, 1.54) is 5.56 Å². The van der Waals surface area contributed by atoms with Gasteiger partial charge in [0.1, 0.15) is 6.61 Å². The van der Waals surface area contributed by atoms with E-state index < -0.39 is 0 Å². The molecule has 0 aliphatic heterocycles. The fourth-order valence-corrected chi connectivity index (χ4v) is 3.12. The molecule has 0 spiro atoms. The lowest BCUT2D eigenvalue weighted by atomic mass is 10.1. The van der Waals surface area contributed by atoms with Crippen LogP contribution in [0, 0.1) is 11.3 Å². The van der Waals surface area contributed by atoms with E-state index in [9.17, 15) is 0 Å². The molecule has 5 heteroatoms. The fraction of sp³-hybridized carbons (Fsp3) is 0.190. The highest BCUT2D eigenvalue weighted by molar-refractivity contribution is 5.84. The van der Waals surface area contributed by atoms with Crippen LogP contribution in [0.1, 0.15) is 11.1 Å². The Morgan fingerprint density at radius 1 is 1.15 bits per heavy atom. The average molecular weight is 345 g/mol. The minimum absolute atomic E-state index is 0.576. The highest BCUT2D eigenvalue weighted by Crippen LogP contribution is 2.26. The first kappa shape index (κ1) is 16.2. The highest BCUT2D eigenvalue weighted by atomic mass is 16.5. The molecule has 5 nitrogen and oxygen atoms in total. The minimum Gasteiger partial charge on any atom is -0.488 e. The number of para-hydroxylation sites is 1. The van der Waals surface area contributed by atoms with Gasteiger partial charge in [-0.3, -0.25) is 0 Å². The van der Waals surface area contributed by atoms with Gasteiger partial charge in [0, 0.05) is 29.0 Å². The second kappa shape index (κ2) is 7.34. The van der Waals surface area contributed by atoms with Crippen LogP contribution in [-0.4, -0.2) is 24.7 Å². The lowest BCUT2D eigenvalue weighted by molar-refractivity contribution is 0.313. The Hall–Kier alpha value is -3.23. The summed E-state index contributed by atoms with van der Waals surface area (Å²) in [5.41, 5.74) is 3.76. The van der Waals surface area contributed by atoms with Crippen LogP contribution in [0.3, 0.4) is 0 Å². The predicted octanol–water partition coefficient (Wildman–Crippen LogP) is 4.00. The van der Waals surface area contributed by atoms with E-state index in [1.54, 1.807) is 6.26 Å². The molecule has 0 unspecified atom stereocenters. The lowest BCUT2D eigenvalue weighted by Crippen LogP contribution is -2.23. The molecule has 2 N–H and O–H groups in total. The number of ether oxygens (including phenoxy) is 1. The molecule has 0 saturated carbocycles. The summed E-state index contributed by atoms with van der Waals surface area (Å²) in [5, 5.41) is 14.6. The standard InChI is InChI=1S/C21H19N3O2/c22-13-15-4-5-19-18(12-15)17(14-24-19)6-8-23-9-11-25-20-3-1-2-16-7-10-26-21(16)20/h1-5,7,10,12,14,23-24H,6,8-9,11H2. The molecule has 4 rings (SSSR count). The van der Waals surface area contributed by atoms with Crippen molar-refractivity contribution in [2.75, 3.05) is 19.7 Å². The number of hydrogen-bond acceptors (Lipinski definition) is 4. The van der Waals surface area contributed by atoms with E-state index in [2.05, 4.69) is 16.4 Å². The van der Waals surface area contributed by atoms with Gasteiger partial charge in [0.2, 0.25) is 0 Å². The van der Waals surface area contributed by atoms with E-state index >= 15 is 0 Å². The molecule has 0 radical (unpaired) electrons. The van der Waals surface area contributed by atoms with Crippen LogP contribution in [0.15, 0.2) is 59.3 Å². The quantitative estimate of drug-likeness (QED) is 0.497. The third kappa shape index (κ3) is 3.28. The molecule has 0 bridgehead atoms. The van der Waals surface area contributed by atoms with Crippen LogP contribution in [0.2, 0.25) is 0 Å². The highest BCUT2D eigenvalue weighted by Gasteiger charge is 2.06. The minimum atomic E-state index is 0.576. The van der Waals surface area contributed by atoms with Gasteiger partial charge in [0.25, 0.3) is 0 Å².